The highest BCUT2D eigenvalue weighted by molar-refractivity contribution is 9.09. The molecule has 1 saturated carbocycles. The number of rotatable bonds is 3. The quantitative estimate of drug-likeness (QED) is 0.625. The second kappa shape index (κ2) is 3.57. The van der Waals surface area contributed by atoms with E-state index in [0.717, 1.165) is 17.9 Å². The summed E-state index contributed by atoms with van der Waals surface area (Å²) < 4.78 is 5.47. The Balaban J connectivity index is 1.91. The standard InChI is InChI=1S/C7H13BrO/c1-2-3-9-7-4-6(8)5-7/h6-7H,2-5H2,1H3. The van der Waals surface area contributed by atoms with Gasteiger partial charge in [0.2, 0.25) is 0 Å². The highest BCUT2D eigenvalue weighted by Gasteiger charge is 2.26. The van der Waals surface area contributed by atoms with E-state index in [-0.39, 0.29) is 0 Å². The lowest BCUT2D eigenvalue weighted by Gasteiger charge is -2.30. The fraction of sp³-hybridized carbons (Fsp3) is 1.00. The van der Waals surface area contributed by atoms with Gasteiger partial charge in [0.05, 0.1) is 6.10 Å². The molecule has 54 valence electrons. The molecule has 1 nitrogen and oxygen atoms in total. The van der Waals surface area contributed by atoms with Gasteiger partial charge in [0.25, 0.3) is 0 Å². The summed E-state index contributed by atoms with van der Waals surface area (Å²) in [5.41, 5.74) is 0. The van der Waals surface area contributed by atoms with Crippen molar-refractivity contribution in [1.82, 2.24) is 0 Å². The summed E-state index contributed by atoms with van der Waals surface area (Å²) >= 11 is 3.51. The van der Waals surface area contributed by atoms with E-state index in [0.29, 0.717) is 6.10 Å². The van der Waals surface area contributed by atoms with Crippen molar-refractivity contribution in [3.05, 3.63) is 0 Å². The summed E-state index contributed by atoms with van der Waals surface area (Å²) in [7, 11) is 0. The van der Waals surface area contributed by atoms with Gasteiger partial charge in [-0.2, -0.15) is 0 Å². The third kappa shape index (κ3) is 2.26. The predicted octanol–water partition coefficient (Wildman–Crippen LogP) is 2.34. The Morgan fingerprint density at radius 3 is 2.67 bits per heavy atom. The molecule has 0 saturated heterocycles. The monoisotopic (exact) mass is 192 g/mol. The van der Waals surface area contributed by atoms with E-state index >= 15 is 0 Å². The lowest BCUT2D eigenvalue weighted by molar-refractivity contribution is 0.00777. The van der Waals surface area contributed by atoms with E-state index in [1.165, 1.54) is 12.8 Å². The zero-order chi connectivity index (χ0) is 6.69. The van der Waals surface area contributed by atoms with Crippen LogP contribution < -0.4 is 0 Å². The summed E-state index contributed by atoms with van der Waals surface area (Å²) in [5.74, 6) is 0. The second-order valence-corrected chi connectivity index (χ2v) is 3.86. The average Bonchev–Trinajstić information content (AvgIpc) is 1.78. The maximum absolute atomic E-state index is 5.47. The lowest BCUT2D eigenvalue weighted by Crippen LogP contribution is -2.31. The van der Waals surface area contributed by atoms with Crippen molar-refractivity contribution in [2.45, 2.75) is 37.1 Å². The summed E-state index contributed by atoms with van der Waals surface area (Å²) in [6.07, 6.45) is 4.12. The van der Waals surface area contributed by atoms with Gasteiger partial charge in [-0.05, 0) is 19.3 Å². The smallest absolute Gasteiger partial charge is 0.0596 e. The van der Waals surface area contributed by atoms with Gasteiger partial charge in [-0.15, -0.1) is 0 Å². The number of halogens is 1. The van der Waals surface area contributed by atoms with Gasteiger partial charge in [0, 0.05) is 11.4 Å². The Morgan fingerprint density at radius 1 is 1.56 bits per heavy atom. The van der Waals surface area contributed by atoms with Crippen LogP contribution in [-0.4, -0.2) is 17.5 Å². The van der Waals surface area contributed by atoms with E-state index in [2.05, 4.69) is 22.9 Å². The van der Waals surface area contributed by atoms with Crippen molar-refractivity contribution in [1.29, 1.82) is 0 Å². The Morgan fingerprint density at radius 2 is 2.22 bits per heavy atom. The largest absolute Gasteiger partial charge is 0.378 e. The van der Waals surface area contributed by atoms with Gasteiger partial charge in [-0.3, -0.25) is 0 Å². The van der Waals surface area contributed by atoms with Crippen LogP contribution in [0.15, 0.2) is 0 Å². The number of alkyl halides is 1. The van der Waals surface area contributed by atoms with Crippen molar-refractivity contribution >= 4 is 15.9 Å². The van der Waals surface area contributed by atoms with Crippen LogP contribution in [0.2, 0.25) is 0 Å². The van der Waals surface area contributed by atoms with Crippen LogP contribution in [0.25, 0.3) is 0 Å². The summed E-state index contributed by atoms with van der Waals surface area (Å²) in [5, 5.41) is 0. The molecule has 1 rings (SSSR count). The molecular formula is C7H13BrO. The zero-order valence-electron chi connectivity index (χ0n) is 5.77. The highest BCUT2D eigenvalue weighted by atomic mass is 79.9. The van der Waals surface area contributed by atoms with Crippen molar-refractivity contribution < 1.29 is 4.74 Å². The molecule has 0 unspecified atom stereocenters. The number of ether oxygens (including phenoxy) is 1. The highest BCUT2D eigenvalue weighted by Crippen LogP contribution is 2.29. The first kappa shape index (κ1) is 7.55. The van der Waals surface area contributed by atoms with Gasteiger partial charge >= 0.3 is 0 Å². The van der Waals surface area contributed by atoms with Crippen LogP contribution in [0, 0.1) is 0 Å². The molecule has 1 fully saturated rings. The van der Waals surface area contributed by atoms with Crippen LogP contribution in [0.5, 0.6) is 0 Å². The van der Waals surface area contributed by atoms with Gasteiger partial charge in [-0.25, -0.2) is 0 Å². The van der Waals surface area contributed by atoms with Crippen LogP contribution >= 0.6 is 15.9 Å². The van der Waals surface area contributed by atoms with E-state index in [1.54, 1.807) is 0 Å². The minimum atomic E-state index is 0.564. The minimum Gasteiger partial charge on any atom is -0.378 e. The van der Waals surface area contributed by atoms with E-state index in [9.17, 15) is 0 Å². The molecule has 9 heavy (non-hydrogen) atoms. The third-order valence-corrected chi connectivity index (χ3v) is 2.34. The van der Waals surface area contributed by atoms with Gasteiger partial charge in [-0.1, -0.05) is 22.9 Å². The topological polar surface area (TPSA) is 9.23 Å². The van der Waals surface area contributed by atoms with Crippen molar-refractivity contribution in [3.8, 4) is 0 Å². The number of hydrogen-bond donors (Lipinski definition) is 0. The molecule has 1 aliphatic rings. The molecule has 0 aromatic rings. The van der Waals surface area contributed by atoms with Crippen LogP contribution in [-0.2, 0) is 4.74 Å². The SMILES string of the molecule is CCCOC1CC(Br)C1. The van der Waals surface area contributed by atoms with Crippen molar-refractivity contribution in [2.24, 2.45) is 0 Å². The molecule has 0 N–H and O–H groups in total. The first-order valence-corrected chi connectivity index (χ1v) is 4.50. The summed E-state index contributed by atoms with van der Waals surface area (Å²) in [6, 6.07) is 0. The molecule has 0 amide bonds. The number of hydrogen-bond acceptors (Lipinski definition) is 1. The Labute approximate surface area is 64.9 Å². The Hall–Kier alpha value is 0.440. The van der Waals surface area contributed by atoms with E-state index < -0.39 is 0 Å². The Bertz CT molecular complexity index is 79.0. The van der Waals surface area contributed by atoms with Crippen LogP contribution in [0.3, 0.4) is 0 Å². The van der Waals surface area contributed by atoms with Gasteiger partial charge in [0.1, 0.15) is 0 Å². The molecule has 0 atom stereocenters. The maximum atomic E-state index is 5.47. The van der Waals surface area contributed by atoms with E-state index in [1.807, 2.05) is 0 Å². The van der Waals surface area contributed by atoms with Gasteiger partial charge < -0.3 is 4.74 Å². The fourth-order valence-electron chi connectivity index (χ4n) is 0.922. The van der Waals surface area contributed by atoms with Gasteiger partial charge in [0.15, 0.2) is 0 Å². The molecule has 0 radical (unpaired) electrons. The molecule has 0 aromatic carbocycles. The molecule has 0 aromatic heterocycles. The predicted molar refractivity (Wildman–Crippen MR) is 42.0 cm³/mol. The summed E-state index contributed by atoms with van der Waals surface area (Å²) in [4.78, 5) is 0.736. The first-order chi connectivity index (χ1) is 4.33. The third-order valence-electron chi connectivity index (χ3n) is 1.59. The van der Waals surface area contributed by atoms with E-state index in [4.69, 9.17) is 4.74 Å². The minimum absolute atomic E-state index is 0.564. The molecule has 0 heterocycles. The van der Waals surface area contributed by atoms with Crippen LogP contribution in [0.1, 0.15) is 26.2 Å². The van der Waals surface area contributed by atoms with Crippen LogP contribution in [0.4, 0.5) is 0 Å². The molecule has 0 bridgehead atoms. The maximum Gasteiger partial charge on any atom is 0.0596 e. The zero-order valence-corrected chi connectivity index (χ0v) is 7.36. The van der Waals surface area contributed by atoms with Crippen molar-refractivity contribution in [3.63, 3.8) is 0 Å². The molecule has 1 aliphatic carbocycles. The normalized spacial score (nSPS) is 34.0. The lowest BCUT2D eigenvalue weighted by atomic mass is 9.96. The average molecular weight is 193 g/mol. The Kier molecular flexibility index (Phi) is 2.99. The second-order valence-electron chi connectivity index (χ2n) is 2.56. The molecular weight excluding hydrogens is 180 g/mol. The summed E-state index contributed by atoms with van der Waals surface area (Å²) in [6.45, 7) is 3.08. The molecule has 0 spiro atoms. The first-order valence-electron chi connectivity index (χ1n) is 3.58. The molecule has 0 aliphatic heterocycles. The van der Waals surface area contributed by atoms with Crippen molar-refractivity contribution in [2.75, 3.05) is 6.61 Å². The molecule has 2 heteroatoms. The fourth-order valence-corrected chi connectivity index (χ4v) is 1.76.